The van der Waals surface area contributed by atoms with E-state index in [-0.39, 0.29) is 6.54 Å². The number of anilines is 2. The highest BCUT2D eigenvalue weighted by atomic mass is 35.5. The minimum atomic E-state index is -0.975. The summed E-state index contributed by atoms with van der Waals surface area (Å²) in [5, 5.41) is 12.3. The largest absolute Gasteiger partial charge is 0.492 e. The molecule has 2 heterocycles. The van der Waals surface area contributed by atoms with Gasteiger partial charge in [0, 0.05) is 5.02 Å². The molecule has 2 aliphatic rings. The molecular weight excluding hydrogens is 410 g/mol. The first-order chi connectivity index (χ1) is 14.5. The molecule has 0 spiro atoms. The van der Waals surface area contributed by atoms with Gasteiger partial charge in [0.05, 0.1) is 18.0 Å². The number of carbonyl (C=O) groups excluding carboxylic acids is 3. The number of para-hydroxylation sites is 2. The number of halogens is 1. The second-order valence-corrected chi connectivity index (χ2v) is 7.09. The van der Waals surface area contributed by atoms with Crippen LogP contribution in [0.25, 0.3) is 0 Å². The van der Waals surface area contributed by atoms with Gasteiger partial charge in [0.1, 0.15) is 12.3 Å². The third-order valence-electron chi connectivity index (χ3n) is 4.71. The van der Waals surface area contributed by atoms with E-state index in [2.05, 4.69) is 15.7 Å². The van der Waals surface area contributed by atoms with Gasteiger partial charge in [-0.25, -0.2) is 4.90 Å². The van der Waals surface area contributed by atoms with Crippen LogP contribution in [-0.2, 0) is 14.4 Å². The van der Waals surface area contributed by atoms with E-state index in [1.165, 1.54) is 5.01 Å². The van der Waals surface area contributed by atoms with Crippen molar-refractivity contribution >= 4 is 40.7 Å². The molecule has 0 aromatic heterocycles. The molecule has 2 aromatic rings. The molecule has 2 aliphatic heterocycles. The fraction of sp³-hybridized carbons (Fsp3) is 0.250. The van der Waals surface area contributed by atoms with Gasteiger partial charge in [-0.3, -0.25) is 19.4 Å². The number of nitrogens with one attached hydrogen (secondary N) is 1. The molecule has 1 N–H and O–H groups in total. The highest BCUT2D eigenvalue weighted by Crippen LogP contribution is 2.32. The number of benzene rings is 2. The van der Waals surface area contributed by atoms with E-state index in [0.29, 0.717) is 28.8 Å². The summed E-state index contributed by atoms with van der Waals surface area (Å²) in [6.45, 7) is 2.06. The summed E-state index contributed by atoms with van der Waals surface area (Å²) in [7, 11) is 0. The van der Waals surface area contributed by atoms with Gasteiger partial charge < -0.3 is 10.1 Å². The van der Waals surface area contributed by atoms with Crippen molar-refractivity contribution in [3.8, 4) is 5.75 Å². The van der Waals surface area contributed by atoms with Gasteiger partial charge in [-0.05, 0) is 43.3 Å². The van der Waals surface area contributed by atoms with Gasteiger partial charge in [0.2, 0.25) is 5.91 Å². The molecule has 0 aliphatic carbocycles. The van der Waals surface area contributed by atoms with Crippen LogP contribution < -0.4 is 15.0 Å². The highest BCUT2D eigenvalue weighted by Gasteiger charge is 2.55. The zero-order valence-electron chi connectivity index (χ0n) is 16.0. The number of hydrogen-bond donors (Lipinski definition) is 1. The number of carbonyl (C=O) groups is 3. The first kappa shape index (κ1) is 19.8. The Bertz CT molecular complexity index is 1030. The summed E-state index contributed by atoms with van der Waals surface area (Å²) < 4.78 is 5.49. The molecule has 0 unspecified atom stereocenters. The van der Waals surface area contributed by atoms with Gasteiger partial charge in [-0.15, -0.1) is 0 Å². The number of ether oxygens (including phenoxy) is 1. The smallest absolute Gasteiger partial charge is 0.263 e. The van der Waals surface area contributed by atoms with Crippen LogP contribution in [0.1, 0.15) is 6.92 Å². The van der Waals surface area contributed by atoms with Crippen LogP contribution in [0.5, 0.6) is 5.75 Å². The van der Waals surface area contributed by atoms with Gasteiger partial charge in [-0.1, -0.05) is 29.0 Å². The predicted octanol–water partition coefficient (Wildman–Crippen LogP) is 2.67. The quantitative estimate of drug-likeness (QED) is 0.714. The molecule has 10 heteroatoms. The van der Waals surface area contributed by atoms with Crippen LogP contribution >= 0.6 is 11.6 Å². The molecule has 4 rings (SSSR count). The number of amides is 3. The summed E-state index contributed by atoms with van der Waals surface area (Å²) >= 11 is 5.88. The number of nitrogens with zero attached hydrogens (tertiary/aromatic N) is 4. The molecule has 2 aromatic carbocycles. The lowest BCUT2D eigenvalue weighted by molar-refractivity contribution is -0.123. The fourth-order valence-corrected chi connectivity index (χ4v) is 3.51. The normalized spacial score (nSPS) is 19.9. The highest BCUT2D eigenvalue weighted by molar-refractivity contribution is 6.31. The van der Waals surface area contributed by atoms with Crippen molar-refractivity contribution in [1.29, 1.82) is 0 Å². The van der Waals surface area contributed by atoms with Crippen molar-refractivity contribution in [2.24, 2.45) is 10.3 Å². The Kier molecular flexibility index (Phi) is 5.37. The van der Waals surface area contributed by atoms with Gasteiger partial charge >= 0.3 is 0 Å². The lowest BCUT2D eigenvalue weighted by Gasteiger charge is -2.20. The molecule has 0 saturated carbocycles. The van der Waals surface area contributed by atoms with E-state index in [0.717, 1.165) is 4.90 Å². The lowest BCUT2D eigenvalue weighted by Crippen LogP contribution is -2.43. The topological polar surface area (TPSA) is 104 Å². The molecule has 154 valence electrons. The first-order valence-electron chi connectivity index (χ1n) is 9.32. The predicted molar refractivity (Wildman–Crippen MR) is 109 cm³/mol. The maximum absolute atomic E-state index is 12.9. The second-order valence-electron chi connectivity index (χ2n) is 6.66. The monoisotopic (exact) mass is 427 g/mol. The van der Waals surface area contributed by atoms with Crippen molar-refractivity contribution in [3.63, 3.8) is 0 Å². The first-order valence-corrected chi connectivity index (χ1v) is 9.70. The minimum absolute atomic E-state index is 0.237. The van der Waals surface area contributed by atoms with Crippen LogP contribution in [0.4, 0.5) is 11.4 Å². The molecule has 3 amide bonds. The van der Waals surface area contributed by atoms with Crippen molar-refractivity contribution < 1.29 is 19.1 Å². The maximum atomic E-state index is 12.9. The summed E-state index contributed by atoms with van der Waals surface area (Å²) in [6.07, 6.45) is 0. The molecular formula is C20H18ClN5O4. The van der Waals surface area contributed by atoms with Gasteiger partial charge in [0.25, 0.3) is 11.8 Å². The van der Waals surface area contributed by atoms with E-state index in [1.54, 1.807) is 48.5 Å². The minimum Gasteiger partial charge on any atom is -0.492 e. The van der Waals surface area contributed by atoms with Crippen LogP contribution in [0.15, 0.2) is 58.9 Å². The number of imide groups is 1. The summed E-state index contributed by atoms with van der Waals surface area (Å²) in [4.78, 5) is 39.2. The Labute approximate surface area is 177 Å². The molecule has 1 saturated heterocycles. The molecule has 30 heavy (non-hydrogen) atoms. The molecule has 2 atom stereocenters. The molecule has 1 fully saturated rings. The summed E-state index contributed by atoms with van der Waals surface area (Å²) in [5.74, 6) is -0.845. The van der Waals surface area contributed by atoms with Crippen LogP contribution in [-0.4, -0.2) is 48.0 Å². The zero-order chi connectivity index (χ0) is 21.3. The number of hydrogen-bond acceptors (Lipinski definition) is 7. The third-order valence-corrected chi connectivity index (χ3v) is 4.96. The van der Waals surface area contributed by atoms with Crippen molar-refractivity contribution in [2.75, 3.05) is 23.4 Å². The van der Waals surface area contributed by atoms with Crippen LogP contribution in [0.2, 0.25) is 5.02 Å². The SMILES string of the molecule is CCOc1ccccc1NC(=O)CN1N=N[C@@H]2C(=O)N(c3ccc(Cl)cc3)C(=O)[C@H]21. The Hall–Kier alpha value is -3.46. The van der Waals surface area contributed by atoms with E-state index in [9.17, 15) is 14.4 Å². The number of rotatable bonds is 6. The van der Waals surface area contributed by atoms with Crippen LogP contribution in [0, 0.1) is 0 Å². The van der Waals surface area contributed by atoms with Gasteiger partial charge in [0.15, 0.2) is 12.1 Å². The second kappa shape index (κ2) is 8.11. The Morgan fingerprint density at radius 3 is 2.60 bits per heavy atom. The summed E-state index contributed by atoms with van der Waals surface area (Å²) in [5.41, 5.74) is 0.905. The average Bonchev–Trinajstić information content (AvgIpc) is 3.24. The van der Waals surface area contributed by atoms with Crippen molar-refractivity contribution in [3.05, 3.63) is 53.6 Å². The van der Waals surface area contributed by atoms with Gasteiger partial charge in [-0.2, -0.15) is 5.11 Å². The van der Waals surface area contributed by atoms with Crippen molar-refractivity contribution in [1.82, 2.24) is 5.01 Å². The van der Waals surface area contributed by atoms with Crippen molar-refractivity contribution in [2.45, 2.75) is 19.0 Å². The third kappa shape index (κ3) is 3.59. The molecule has 0 bridgehead atoms. The maximum Gasteiger partial charge on any atom is 0.263 e. The van der Waals surface area contributed by atoms with E-state index >= 15 is 0 Å². The van der Waals surface area contributed by atoms with E-state index < -0.39 is 29.8 Å². The molecule has 9 nitrogen and oxygen atoms in total. The summed E-state index contributed by atoms with van der Waals surface area (Å²) in [6, 6.07) is 11.4. The fourth-order valence-electron chi connectivity index (χ4n) is 3.39. The zero-order valence-corrected chi connectivity index (χ0v) is 16.7. The average molecular weight is 428 g/mol. The Balaban J connectivity index is 1.48. The van der Waals surface area contributed by atoms with E-state index in [4.69, 9.17) is 16.3 Å². The van der Waals surface area contributed by atoms with E-state index in [1.807, 2.05) is 6.92 Å². The lowest BCUT2D eigenvalue weighted by atomic mass is 10.1. The number of fused-ring (bicyclic) bond motifs is 1. The molecule has 0 radical (unpaired) electrons. The Morgan fingerprint density at radius 2 is 1.87 bits per heavy atom. The Morgan fingerprint density at radius 1 is 1.13 bits per heavy atom. The standard InChI is InChI=1S/C20H18ClN5O4/c1-2-30-15-6-4-3-5-14(15)22-16(27)11-25-18-17(23-24-25)19(28)26(20(18)29)13-9-7-12(21)8-10-13/h3-10,17-18H,2,11H2,1H3,(H,22,27)/t17-,18-/m0/s1. The van der Waals surface area contributed by atoms with Crippen LogP contribution in [0.3, 0.4) is 0 Å².